The molecule has 0 aliphatic rings. The molecule has 0 saturated heterocycles. The van der Waals surface area contributed by atoms with Crippen LogP contribution in [0, 0.1) is 0 Å². The molecule has 31 heavy (non-hydrogen) atoms. The number of nitrogens with one attached hydrogen (secondary N) is 1. The average Bonchev–Trinajstić information content (AvgIpc) is 3.19. The molecule has 3 rings (SSSR count). The Labute approximate surface area is 191 Å². The summed E-state index contributed by atoms with van der Waals surface area (Å²) in [6, 6.07) is 13.2. The third-order valence-corrected chi connectivity index (χ3v) is 6.18. The zero-order chi connectivity index (χ0) is 22.2. The maximum Gasteiger partial charge on any atom is 0.256 e. The first-order valence-electron chi connectivity index (χ1n) is 10.1. The largest absolute Gasteiger partial charge is 0.490 e. The van der Waals surface area contributed by atoms with Crippen LogP contribution >= 0.6 is 23.1 Å². The van der Waals surface area contributed by atoms with E-state index in [2.05, 4.69) is 10.3 Å². The topological polar surface area (TPSA) is 69.7 Å². The van der Waals surface area contributed by atoms with Crippen molar-refractivity contribution >= 4 is 34.0 Å². The molecular formula is C23H26N2O4S2. The highest BCUT2D eigenvalue weighted by Gasteiger charge is 2.21. The summed E-state index contributed by atoms with van der Waals surface area (Å²) >= 11 is 3.00. The van der Waals surface area contributed by atoms with Crippen molar-refractivity contribution in [1.29, 1.82) is 0 Å². The summed E-state index contributed by atoms with van der Waals surface area (Å²) in [5.41, 5.74) is 2.13. The van der Waals surface area contributed by atoms with Crippen molar-refractivity contribution < 1.29 is 19.0 Å². The minimum atomic E-state index is -0.265. The number of carbonyl (C=O) groups excluding carboxylic acids is 1. The summed E-state index contributed by atoms with van der Waals surface area (Å²) in [6.45, 7) is 7.02. The van der Waals surface area contributed by atoms with Gasteiger partial charge in [0.2, 0.25) is 5.75 Å². The van der Waals surface area contributed by atoms with Crippen molar-refractivity contribution in [3.8, 4) is 28.5 Å². The predicted molar refractivity (Wildman–Crippen MR) is 127 cm³/mol. The zero-order valence-corrected chi connectivity index (χ0v) is 19.7. The Bertz CT molecular complexity index is 995. The summed E-state index contributed by atoms with van der Waals surface area (Å²) in [5, 5.41) is 3.72. The summed E-state index contributed by atoms with van der Waals surface area (Å²) in [4.78, 5) is 17.9. The molecule has 3 aromatic rings. The van der Waals surface area contributed by atoms with Crippen molar-refractivity contribution in [2.45, 2.75) is 25.1 Å². The maximum atomic E-state index is 13.2. The fourth-order valence-corrected chi connectivity index (χ4v) is 4.44. The fraction of sp³-hybridized carbons (Fsp3) is 0.304. The Morgan fingerprint density at radius 3 is 2.16 bits per heavy atom. The molecule has 0 atom stereocenters. The van der Waals surface area contributed by atoms with Gasteiger partial charge in [0, 0.05) is 11.1 Å². The lowest BCUT2D eigenvalue weighted by Crippen LogP contribution is -2.13. The van der Waals surface area contributed by atoms with Gasteiger partial charge in [-0.25, -0.2) is 4.98 Å². The predicted octanol–water partition coefficient (Wildman–Crippen LogP) is 5.98. The van der Waals surface area contributed by atoms with Crippen molar-refractivity contribution in [1.82, 2.24) is 4.98 Å². The van der Waals surface area contributed by atoms with E-state index in [1.807, 2.05) is 57.4 Å². The molecule has 164 valence electrons. The number of amides is 1. The van der Waals surface area contributed by atoms with Crippen LogP contribution < -0.4 is 19.5 Å². The molecule has 0 aliphatic heterocycles. The first-order valence-corrected chi connectivity index (χ1v) is 12.1. The number of thiazole rings is 1. The van der Waals surface area contributed by atoms with E-state index < -0.39 is 0 Å². The Morgan fingerprint density at radius 1 is 1.00 bits per heavy atom. The van der Waals surface area contributed by atoms with E-state index in [1.165, 1.54) is 11.3 Å². The van der Waals surface area contributed by atoms with E-state index in [1.54, 1.807) is 23.9 Å². The van der Waals surface area contributed by atoms with Crippen LogP contribution in [-0.2, 0) is 0 Å². The van der Waals surface area contributed by atoms with Gasteiger partial charge >= 0.3 is 0 Å². The van der Waals surface area contributed by atoms with Crippen molar-refractivity contribution in [3.05, 3.63) is 48.0 Å². The molecule has 8 heteroatoms. The van der Waals surface area contributed by atoms with Crippen LogP contribution in [0.15, 0.2) is 46.8 Å². The number of aromatic nitrogens is 1. The summed E-state index contributed by atoms with van der Waals surface area (Å²) in [5.74, 6) is 1.21. The molecule has 2 aromatic carbocycles. The maximum absolute atomic E-state index is 13.2. The van der Waals surface area contributed by atoms with E-state index in [4.69, 9.17) is 14.2 Å². The second-order valence-corrected chi connectivity index (χ2v) is 8.33. The van der Waals surface area contributed by atoms with Crippen LogP contribution in [0.25, 0.3) is 11.3 Å². The van der Waals surface area contributed by atoms with Gasteiger partial charge in [-0.2, -0.15) is 0 Å². The average molecular weight is 459 g/mol. The van der Waals surface area contributed by atoms with Crippen LogP contribution in [-0.4, -0.2) is 37.0 Å². The molecule has 6 nitrogen and oxygen atoms in total. The highest BCUT2D eigenvalue weighted by atomic mass is 32.2. The second-order valence-electron chi connectivity index (χ2n) is 6.28. The number of benzene rings is 2. The van der Waals surface area contributed by atoms with E-state index >= 15 is 0 Å². The highest BCUT2D eigenvalue weighted by molar-refractivity contribution is 8.00. The van der Waals surface area contributed by atoms with Gasteiger partial charge in [0.05, 0.1) is 19.8 Å². The minimum absolute atomic E-state index is 0.265. The van der Waals surface area contributed by atoms with Gasteiger partial charge in [-0.15, -0.1) is 0 Å². The number of hydrogen-bond acceptors (Lipinski definition) is 7. The first-order chi connectivity index (χ1) is 15.1. The van der Waals surface area contributed by atoms with Crippen molar-refractivity contribution in [3.63, 3.8) is 0 Å². The molecule has 0 aliphatic carbocycles. The van der Waals surface area contributed by atoms with Gasteiger partial charge in [-0.3, -0.25) is 4.79 Å². The third-order valence-electron chi connectivity index (χ3n) is 4.23. The van der Waals surface area contributed by atoms with Crippen LogP contribution in [0.3, 0.4) is 0 Å². The molecule has 0 bridgehead atoms. The number of rotatable bonds is 10. The van der Waals surface area contributed by atoms with Gasteiger partial charge in [0.25, 0.3) is 5.91 Å². The number of nitrogens with zero attached hydrogens (tertiary/aromatic N) is 1. The molecule has 0 unspecified atom stereocenters. The summed E-state index contributed by atoms with van der Waals surface area (Å²) < 4.78 is 18.1. The quantitative estimate of drug-likeness (QED) is 0.377. The van der Waals surface area contributed by atoms with E-state index in [0.717, 1.165) is 15.6 Å². The number of anilines is 1. The van der Waals surface area contributed by atoms with Crippen LogP contribution in [0.1, 0.15) is 31.1 Å². The Kier molecular flexibility index (Phi) is 8.20. The zero-order valence-electron chi connectivity index (χ0n) is 18.1. The molecule has 1 amide bonds. The SMILES string of the molecule is CCOc1cc(C(=O)Nc2sc(SC)nc2-c2ccccc2)cc(OCC)c1OCC. The molecule has 0 saturated carbocycles. The number of thioether (sulfide) groups is 1. The summed E-state index contributed by atoms with van der Waals surface area (Å²) in [6.07, 6.45) is 1.97. The lowest BCUT2D eigenvalue weighted by Gasteiger charge is -2.17. The number of hydrogen-bond donors (Lipinski definition) is 1. The molecular weight excluding hydrogens is 432 g/mol. The van der Waals surface area contributed by atoms with Gasteiger partial charge in [-0.05, 0) is 39.2 Å². The smallest absolute Gasteiger partial charge is 0.256 e. The normalized spacial score (nSPS) is 10.6. The molecule has 1 aromatic heterocycles. The molecule has 0 spiro atoms. The summed E-state index contributed by atoms with van der Waals surface area (Å²) in [7, 11) is 0. The molecule has 0 radical (unpaired) electrons. The van der Waals surface area contributed by atoms with Crippen LogP contribution in [0.5, 0.6) is 17.2 Å². The molecule has 1 heterocycles. The number of ether oxygens (including phenoxy) is 3. The fourth-order valence-electron chi connectivity index (χ4n) is 2.96. The number of carbonyl (C=O) groups is 1. The molecule has 1 N–H and O–H groups in total. The van der Waals surface area contributed by atoms with Crippen LogP contribution in [0.2, 0.25) is 0 Å². The van der Waals surface area contributed by atoms with Gasteiger partial charge in [0.15, 0.2) is 15.8 Å². The van der Waals surface area contributed by atoms with Crippen molar-refractivity contribution in [2.75, 3.05) is 31.4 Å². The first kappa shape index (κ1) is 23.0. The van der Waals surface area contributed by atoms with E-state index in [-0.39, 0.29) is 5.91 Å². The van der Waals surface area contributed by atoms with Gasteiger partial charge < -0.3 is 19.5 Å². The Morgan fingerprint density at radius 2 is 1.61 bits per heavy atom. The monoisotopic (exact) mass is 458 g/mol. The lowest BCUT2D eigenvalue weighted by atomic mass is 10.1. The highest BCUT2D eigenvalue weighted by Crippen LogP contribution is 2.40. The third kappa shape index (κ3) is 5.51. The van der Waals surface area contributed by atoms with E-state index in [9.17, 15) is 4.79 Å². The van der Waals surface area contributed by atoms with Crippen LogP contribution in [0.4, 0.5) is 5.00 Å². The minimum Gasteiger partial charge on any atom is -0.490 e. The standard InChI is InChI=1S/C23H26N2O4S2/c1-5-27-17-13-16(14-18(28-6-2)20(17)29-7-3)21(26)25-22-19(24-23(30-4)31-22)15-11-9-8-10-12-15/h8-14H,5-7H2,1-4H3,(H,25,26). The van der Waals surface area contributed by atoms with Gasteiger partial charge in [-0.1, -0.05) is 53.4 Å². The van der Waals surface area contributed by atoms with Crippen molar-refractivity contribution in [2.24, 2.45) is 0 Å². The molecule has 0 fully saturated rings. The van der Waals surface area contributed by atoms with E-state index in [0.29, 0.717) is 47.6 Å². The second kappa shape index (κ2) is 11.1. The van der Waals surface area contributed by atoms with Gasteiger partial charge in [0.1, 0.15) is 10.7 Å². The Hall–Kier alpha value is -2.71. The Balaban J connectivity index is 1.97. The lowest BCUT2D eigenvalue weighted by molar-refractivity contribution is 0.102.